The Morgan fingerprint density at radius 1 is 1.40 bits per heavy atom. The van der Waals surface area contributed by atoms with E-state index in [1.165, 1.54) is 7.11 Å². The first kappa shape index (κ1) is 11.5. The maximum absolute atomic E-state index is 13.2. The standard InChI is InChI=1S/C11H13FO3/c1-7(10(12)11(13)14)8-3-5-9(15-2)6-4-8/h3-7,10H,1-2H3,(H,13,14). The van der Waals surface area contributed by atoms with Crippen molar-refractivity contribution in [3.8, 4) is 5.75 Å². The van der Waals surface area contributed by atoms with Crippen molar-refractivity contribution in [2.75, 3.05) is 7.11 Å². The summed E-state index contributed by atoms with van der Waals surface area (Å²) in [5.41, 5.74) is 0.644. The second kappa shape index (κ2) is 4.77. The second-order valence-electron chi connectivity index (χ2n) is 3.30. The topological polar surface area (TPSA) is 46.5 Å². The molecule has 1 rings (SSSR count). The number of carbonyl (C=O) groups is 1. The summed E-state index contributed by atoms with van der Waals surface area (Å²) < 4.78 is 18.1. The second-order valence-corrected chi connectivity index (χ2v) is 3.30. The van der Waals surface area contributed by atoms with E-state index in [1.807, 2.05) is 0 Å². The normalized spacial score (nSPS) is 14.3. The Labute approximate surface area is 87.5 Å². The average molecular weight is 212 g/mol. The van der Waals surface area contributed by atoms with E-state index in [9.17, 15) is 9.18 Å². The summed E-state index contributed by atoms with van der Waals surface area (Å²) in [6.07, 6.45) is -1.88. The van der Waals surface area contributed by atoms with Gasteiger partial charge in [0, 0.05) is 5.92 Å². The van der Waals surface area contributed by atoms with Gasteiger partial charge in [-0.2, -0.15) is 0 Å². The number of hydrogen-bond acceptors (Lipinski definition) is 2. The molecule has 0 aliphatic heterocycles. The molecule has 2 atom stereocenters. The van der Waals surface area contributed by atoms with Crippen molar-refractivity contribution in [3.63, 3.8) is 0 Å². The lowest BCUT2D eigenvalue weighted by molar-refractivity contribution is -0.143. The van der Waals surface area contributed by atoms with E-state index in [-0.39, 0.29) is 0 Å². The quantitative estimate of drug-likeness (QED) is 0.832. The molecule has 1 aromatic carbocycles. The van der Waals surface area contributed by atoms with Crippen molar-refractivity contribution >= 4 is 5.97 Å². The number of carboxylic acid groups (broad SMARTS) is 1. The van der Waals surface area contributed by atoms with E-state index in [2.05, 4.69) is 0 Å². The molecule has 4 heteroatoms. The first-order valence-corrected chi connectivity index (χ1v) is 4.57. The fourth-order valence-electron chi connectivity index (χ4n) is 1.29. The summed E-state index contributed by atoms with van der Waals surface area (Å²) in [5, 5.41) is 8.51. The number of aliphatic carboxylic acids is 1. The monoisotopic (exact) mass is 212 g/mol. The Bertz CT molecular complexity index is 334. The minimum absolute atomic E-state index is 0.644. The zero-order chi connectivity index (χ0) is 11.4. The fourth-order valence-corrected chi connectivity index (χ4v) is 1.29. The van der Waals surface area contributed by atoms with Crippen LogP contribution in [0.15, 0.2) is 24.3 Å². The molecule has 0 heterocycles. The SMILES string of the molecule is COc1ccc(C(C)C(F)C(=O)O)cc1. The van der Waals surface area contributed by atoms with Crippen molar-refractivity contribution in [2.45, 2.75) is 19.0 Å². The van der Waals surface area contributed by atoms with Crippen LogP contribution in [-0.2, 0) is 4.79 Å². The van der Waals surface area contributed by atoms with E-state index < -0.39 is 18.1 Å². The van der Waals surface area contributed by atoms with Crippen LogP contribution in [0.25, 0.3) is 0 Å². The molecular formula is C11H13FO3. The van der Waals surface area contributed by atoms with Crippen molar-refractivity contribution in [3.05, 3.63) is 29.8 Å². The highest BCUT2D eigenvalue weighted by Crippen LogP contribution is 2.23. The lowest BCUT2D eigenvalue weighted by atomic mass is 9.96. The molecule has 0 spiro atoms. The summed E-state index contributed by atoms with van der Waals surface area (Å²) in [4.78, 5) is 10.4. The van der Waals surface area contributed by atoms with Crippen LogP contribution in [0.2, 0.25) is 0 Å². The smallest absolute Gasteiger partial charge is 0.338 e. The first-order chi connectivity index (χ1) is 7.06. The Balaban J connectivity index is 2.82. The molecule has 1 N–H and O–H groups in total. The molecule has 0 aliphatic carbocycles. The highest BCUT2D eigenvalue weighted by Gasteiger charge is 2.24. The third-order valence-electron chi connectivity index (χ3n) is 2.32. The van der Waals surface area contributed by atoms with Crippen LogP contribution in [0, 0.1) is 0 Å². The lowest BCUT2D eigenvalue weighted by Gasteiger charge is -2.13. The molecule has 3 nitrogen and oxygen atoms in total. The number of hydrogen-bond donors (Lipinski definition) is 1. The molecule has 0 saturated carbocycles. The Kier molecular flexibility index (Phi) is 3.66. The van der Waals surface area contributed by atoms with Gasteiger partial charge in [-0.05, 0) is 17.7 Å². The lowest BCUT2D eigenvalue weighted by Crippen LogP contribution is -2.21. The van der Waals surface area contributed by atoms with E-state index in [0.29, 0.717) is 11.3 Å². The Morgan fingerprint density at radius 2 is 1.93 bits per heavy atom. The molecule has 0 amide bonds. The number of carboxylic acids is 1. The summed E-state index contributed by atoms with van der Waals surface area (Å²) in [6, 6.07) is 6.69. The minimum Gasteiger partial charge on any atom is -0.497 e. The van der Waals surface area contributed by atoms with E-state index >= 15 is 0 Å². The van der Waals surface area contributed by atoms with Crippen LogP contribution in [0.3, 0.4) is 0 Å². The zero-order valence-electron chi connectivity index (χ0n) is 8.61. The van der Waals surface area contributed by atoms with Gasteiger partial charge in [-0.3, -0.25) is 0 Å². The van der Waals surface area contributed by atoms with Crippen LogP contribution in [0.5, 0.6) is 5.75 Å². The van der Waals surface area contributed by atoms with Crippen molar-refractivity contribution in [1.82, 2.24) is 0 Å². The van der Waals surface area contributed by atoms with Gasteiger partial charge in [0.25, 0.3) is 0 Å². The maximum atomic E-state index is 13.2. The third kappa shape index (κ3) is 2.68. The van der Waals surface area contributed by atoms with Gasteiger partial charge in [-0.25, -0.2) is 9.18 Å². The molecule has 0 bridgehead atoms. The Hall–Kier alpha value is -1.58. The zero-order valence-corrected chi connectivity index (χ0v) is 8.61. The molecule has 82 valence electrons. The molecule has 0 radical (unpaired) electrons. The van der Waals surface area contributed by atoms with Crippen LogP contribution < -0.4 is 4.74 Å². The molecular weight excluding hydrogens is 199 g/mol. The average Bonchev–Trinajstić information content (AvgIpc) is 2.27. The summed E-state index contributed by atoms with van der Waals surface area (Å²) >= 11 is 0. The molecule has 0 fully saturated rings. The van der Waals surface area contributed by atoms with Crippen LogP contribution >= 0.6 is 0 Å². The number of benzene rings is 1. The van der Waals surface area contributed by atoms with Gasteiger partial charge in [-0.1, -0.05) is 19.1 Å². The van der Waals surface area contributed by atoms with Gasteiger partial charge >= 0.3 is 5.97 Å². The van der Waals surface area contributed by atoms with Crippen LogP contribution in [-0.4, -0.2) is 24.4 Å². The first-order valence-electron chi connectivity index (χ1n) is 4.57. The van der Waals surface area contributed by atoms with Crippen molar-refractivity contribution in [2.24, 2.45) is 0 Å². The molecule has 15 heavy (non-hydrogen) atoms. The third-order valence-corrected chi connectivity index (χ3v) is 2.32. The minimum atomic E-state index is -1.88. The maximum Gasteiger partial charge on any atom is 0.338 e. The van der Waals surface area contributed by atoms with Gasteiger partial charge in [0.05, 0.1) is 7.11 Å². The highest BCUT2D eigenvalue weighted by atomic mass is 19.1. The number of rotatable bonds is 4. The molecule has 0 saturated heterocycles. The van der Waals surface area contributed by atoms with Gasteiger partial charge in [-0.15, -0.1) is 0 Å². The largest absolute Gasteiger partial charge is 0.497 e. The van der Waals surface area contributed by atoms with Gasteiger partial charge in [0.1, 0.15) is 5.75 Å². The number of methoxy groups -OCH3 is 1. The van der Waals surface area contributed by atoms with Crippen LogP contribution in [0.4, 0.5) is 4.39 Å². The molecule has 1 aromatic rings. The Morgan fingerprint density at radius 3 is 2.33 bits per heavy atom. The summed E-state index contributed by atoms with van der Waals surface area (Å²) in [5.74, 6) is -1.43. The fraction of sp³-hybridized carbons (Fsp3) is 0.364. The number of alkyl halides is 1. The highest BCUT2D eigenvalue weighted by molar-refractivity contribution is 5.73. The van der Waals surface area contributed by atoms with E-state index in [1.54, 1.807) is 31.2 Å². The predicted molar refractivity (Wildman–Crippen MR) is 53.9 cm³/mol. The number of ether oxygens (including phenoxy) is 1. The van der Waals surface area contributed by atoms with Gasteiger partial charge in [0.2, 0.25) is 6.17 Å². The molecule has 0 aromatic heterocycles. The molecule has 0 aliphatic rings. The van der Waals surface area contributed by atoms with Crippen molar-refractivity contribution < 1.29 is 19.0 Å². The number of halogens is 1. The molecule has 2 unspecified atom stereocenters. The summed E-state index contributed by atoms with van der Waals surface area (Å²) in [6.45, 7) is 1.54. The predicted octanol–water partition coefficient (Wildman–Crippen LogP) is 2.22. The van der Waals surface area contributed by atoms with Gasteiger partial charge in [0.15, 0.2) is 0 Å². The van der Waals surface area contributed by atoms with Crippen molar-refractivity contribution in [1.29, 1.82) is 0 Å². The van der Waals surface area contributed by atoms with E-state index in [0.717, 1.165) is 0 Å². The van der Waals surface area contributed by atoms with Crippen LogP contribution in [0.1, 0.15) is 18.4 Å². The summed E-state index contributed by atoms with van der Waals surface area (Å²) in [7, 11) is 1.54. The van der Waals surface area contributed by atoms with Gasteiger partial charge < -0.3 is 9.84 Å². The van der Waals surface area contributed by atoms with E-state index in [4.69, 9.17) is 9.84 Å².